The maximum absolute atomic E-state index is 12.6. The Labute approximate surface area is 147 Å². The molecule has 0 radical (unpaired) electrons. The highest BCUT2D eigenvalue weighted by Gasteiger charge is 2.19. The Morgan fingerprint density at radius 1 is 1.04 bits per heavy atom. The number of para-hydroxylation sites is 1. The van der Waals surface area contributed by atoms with Gasteiger partial charge in [-0.2, -0.15) is 0 Å². The summed E-state index contributed by atoms with van der Waals surface area (Å²) in [6.07, 6.45) is 0. The number of anilines is 1. The number of nitrogens with one attached hydrogen (secondary N) is 1. The van der Waals surface area contributed by atoms with Crippen molar-refractivity contribution >= 4 is 38.9 Å². The first kappa shape index (κ1) is 18.1. The number of benzene rings is 2. The maximum atomic E-state index is 12.6. The van der Waals surface area contributed by atoms with Crippen LogP contribution in [0.3, 0.4) is 0 Å². The molecule has 2 aromatic carbocycles. The number of hydrogen-bond donors (Lipinski definition) is 1. The minimum atomic E-state index is -3.63. The van der Waals surface area contributed by atoms with E-state index in [4.69, 9.17) is 23.2 Å². The second-order valence-corrected chi connectivity index (χ2v) is 8.29. The fraction of sp³-hybridized carbons (Fsp3) is 0.294. The highest BCUT2D eigenvalue weighted by atomic mass is 35.5. The van der Waals surface area contributed by atoms with Gasteiger partial charge in [0.15, 0.2) is 0 Å². The predicted molar refractivity (Wildman–Crippen MR) is 98.0 cm³/mol. The second kappa shape index (κ2) is 7.12. The third kappa shape index (κ3) is 4.40. The highest BCUT2D eigenvalue weighted by Crippen LogP contribution is 2.30. The lowest BCUT2D eigenvalue weighted by atomic mass is 9.99. The van der Waals surface area contributed by atoms with Crippen LogP contribution in [-0.2, 0) is 15.8 Å². The molecule has 1 N–H and O–H groups in total. The van der Waals surface area contributed by atoms with Crippen molar-refractivity contribution in [3.8, 4) is 0 Å². The summed E-state index contributed by atoms with van der Waals surface area (Å²) in [6.45, 7) is 5.93. The van der Waals surface area contributed by atoms with Gasteiger partial charge in [0.05, 0.1) is 11.4 Å². The zero-order valence-corrected chi connectivity index (χ0v) is 15.6. The molecule has 124 valence electrons. The van der Waals surface area contributed by atoms with Crippen LogP contribution in [0.2, 0.25) is 10.0 Å². The first-order valence-corrected chi connectivity index (χ1v) is 9.65. The zero-order valence-electron chi connectivity index (χ0n) is 13.2. The first-order chi connectivity index (χ1) is 10.7. The van der Waals surface area contributed by atoms with Crippen molar-refractivity contribution in [2.75, 3.05) is 4.72 Å². The number of hydrogen-bond acceptors (Lipinski definition) is 2. The molecule has 3 nitrogen and oxygen atoms in total. The Balaban J connectivity index is 2.37. The van der Waals surface area contributed by atoms with E-state index in [-0.39, 0.29) is 11.7 Å². The lowest BCUT2D eigenvalue weighted by Gasteiger charge is -2.18. The molecule has 0 unspecified atom stereocenters. The van der Waals surface area contributed by atoms with Gasteiger partial charge in [-0.25, -0.2) is 8.42 Å². The van der Waals surface area contributed by atoms with Gasteiger partial charge in [-0.3, -0.25) is 4.72 Å². The molecule has 0 aliphatic heterocycles. The second-order valence-electron chi connectivity index (χ2n) is 5.76. The van der Waals surface area contributed by atoms with Crippen LogP contribution >= 0.6 is 23.2 Å². The molecular weight excluding hydrogens is 353 g/mol. The number of sulfonamides is 1. The van der Waals surface area contributed by atoms with Crippen LogP contribution in [0.5, 0.6) is 0 Å². The molecule has 0 fully saturated rings. The summed E-state index contributed by atoms with van der Waals surface area (Å²) < 4.78 is 27.8. The Hall–Kier alpha value is -1.23. The Morgan fingerprint density at radius 2 is 1.61 bits per heavy atom. The standard InChI is InChI=1S/C17H19Cl2NO2S/c1-11(2)13-7-4-6-12(3)17(13)20-23(21,22)10-14-15(18)8-5-9-16(14)19/h4-9,11,20H,10H2,1-3H3. The fourth-order valence-electron chi connectivity index (χ4n) is 2.36. The third-order valence-corrected chi connectivity index (χ3v) is 5.47. The van der Waals surface area contributed by atoms with E-state index in [9.17, 15) is 8.42 Å². The molecule has 0 saturated heterocycles. The Kier molecular flexibility index (Phi) is 5.61. The van der Waals surface area contributed by atoms with Crippen LogP contribution in [0.4, 0.5) is 5.69 Å². The molecule has 0 aliphatic rings. The highest BCUT2D eigenvalue weighted by molar-refractivity contribution is 7.91. The topological polar surface area (TPSA) is 46.2 Å². The van der Waals surface area contributed by atoms with Gasteiger partial charge in [0.1, 0.15) is 0 Å². The molecule has 6 heteroatoms. The van der Waals surface area contributed by atoms with Crippen molar-refractivity contribution in [2.45, 2.75) is 32.4 Å². The quantitative estimate of drug-likeness (QED) is 0.767. The van der Waals surface area contributed by atoms with E-state index in [1.807, 2.05) is 39.0 Å². The van der Waals surface area contributed by atoms with Gasteiger partial charge >= 0.3 is 0 Å². The van der Waals surface area contributed by atoms with Gasteiger partial charge in [0, 0.05) is 15.6 Å². The number of rotatable bonds is 5. The summed E-state index contributed by atoms with van der Waals surface area (Å²) in [5.74, 6) is -0.0614. The van der Waals surface area contributed by atoms with E-state index in [1.165, 1.54) is 0 Å². The van der Waals surface area contributed by atoms with Crippen molar-refractivity contribution in [1.29, 1.82) is 0 Å². The number of aryl methyl sites for hydroxylation is 1. The minimum absolute atomic E-state index is 0.205. The average molecular weight is 372 g/mol. The van der Waals surface area contributed by atoms with Gasteiger partial charge < -0.3 is 0 Å². The van der Waals surface area contributed by atoms with Crippen LogP contribution in [0.25, 0.3) is 0 Å². The molecule has 23 heavy (non-hydrogen) atoms. The van der Waals surface area contributed by atoms with Crippen molar-refractivity contribution in [3.05, 3.63) is 63.1 Å². The molecule has 0 aliphatic carbocycles. The van der Waals surface area contributed by atoms with Crippen LogP contribution in [0.15, 0.2) is 36.4 Å². The SMILES string of the molecule is Cc1cccc(C(C)C)c1NS(=O)(=O)Cc1c(Cl)cccc1Cl. The van der Waals surface area contributed by atoms with E-state index in [0.717, 1.165) is 11.1 Å². The van der Waals surface area contributed by atoms with Gasteiger partial charge in [-0.15, -0.1) is 0 Å². The summed E-state index contributed by atoms with van der Waals surface area (Å²) in [4.78, 5) is 0. The van der Waals surface area contributed by atoms with Crippen molar-refractivity contribution in [3.63, 3.8) is 0 Å². The first-order valence-electron chi connectivity index (χ1n) is 7.24. The van der Waals surface area contributed by atoms with Gasteiger partial charge in [-0.05, 0) is 36.1 Å². The van der Waals surface area contributed by atoms with E-state index in [0.29, 0.717) is 21.3 Å². The summed E-state index contributed by atoms with van der Waals surface area (Å²) >= 11 is 12.1. The van der Waals surface area contributed by atoms with Crippen LogP contribution in [0.1, 0.15) is 36.5 Å². The molecule has 2 rings (SSSR count). The van der Waals surface area contributed by atoms with Gasteiger partial charge in [-0.1, -0.05) is 61.3 Å². The fourth-order valence-corrected chi connectivity index (χ4v) is 4.41. The lowest BCUT2D eigenvalue weighted by Crippen LogP contribution is -2.17. The van der Waals surface area contributed by atoms with E-state index in [2.05, 4.69) is 4.72 Å². The van der Waals surface area contributed by atoms with E-state index >= 15 is 0 Å². The van der Waals surface area contributed by atoms with E-state index < -0.39 is 10.0 Å². The molecule has 0 saturated carbocycles. The molecule has 0 amide bonds. The normalized spacial score (nSPS) is 11.7. The van der Waals surface area contributed by atoms with Crippen LogP contribution < -0.4 is 4.72 Å². The van der Waals surface area contributed by atoms with Crippen molar-refractivity contribution < 1.29 is 8.42 Å². The summed E-state index contributed by atoms with van der Waals surface area (Å²) in [7, 11) is -3.63. The van der Waals surface area contributed by atoms with Gasteiger partial charge in [0.25, 0.3) is 0 Å². The van der Waals surface area contributed by atoms with Crippen LogP contribution in [-0.4, -0.2) is 8.42 Å². The summed E-state index contributed by atoms with van der Waals surface area (Å²) in [5, 5.41) is 0.688. The molecule has 0 heterocycles. The Bertz CT molecular complexity index is 797. The zero-order chi connectivity index (χ0) is 17.2. The smallest absolute Gasteiger partial charge is 0.237 e. The minimum Gasteiger partial charge on any atom is -0.283 e. The van der Waals surface area contributed by atoms with Gasteiger partial charge in [0.2, 0.25) is 10.0 Å². The molecule has 0 spiro atoms. The number of halogens is 2. The monoisotopic (exact) mass is 371 g/mol. The molecule has 0 bridgehead atoms. The van der Waals surface area contributed by atoms with E-state index in [1.54, 1.807) is 18.2 Å². The third-order valence-electron chi connectivity index (χ3n) is 3.58. The Morgan fingerprint density at radius 3 is 2.17 bits per heavy atom. The summed E-state index contributed by atoms with van der Waals surface area (Å²) in [6, 6.07) is 10.7. The predicted octanol–water partition coefficient (Wildman–Crippen LogP) is 5.37. The molecule has 2 aromatic rings. The van der Waals surface area contributed by atoms with Crippen LogP contribution in [0, 0.1) is 6.92 Å². The maximum Gasteiger partial charge on any atom is 0.237 e. The lowest BCUT2D eigenvalue weighted by molar-refractivity contribution is 0.600. The van der Waals surface area contributed by atoms with Crippen molar-refractivity contribution in [1.82, 2.24) is 0 Å². The molecule has 0 aromatic heterocycles. The average Bonchev–Trinajstić information content (AvgIpc) is 2.45. The molecule has 0 atom stereocenters. The summed E-state index contributed by atoms with van der Waals surface area (Å²) in [5.41, 5.74) is 2.87. The molecular formula is C17H19Cl2NO2S. The largest absolute Gasteiger partial charge is 0.283 e. The van der Waals surface area contributed by atoms with Crippen molar-refractivity contribution in [2.24, 2.45) is 0 Å².